The van der Waals surface area contributed by atoms with E-state index in [2.05, 4.69) is 26.7 Å². The molecular formula is C19H17N5O. The maximum Gasteiger partial charge on any atom is 0.229 e. The van der Waals surface area contributed by atoms with Crippen molar-refractivity contribution in [2.75, 3.05) is 17.7 Å². The lowest BCUT2D eigenvalue weighted by atomic mass is 10.2. The minimum Gasteiger partial charge on any atom is -0.497 e. The van der Waals surface area contributed by atoms with Crippen LogP contribution < -0.4 is 15.4 Å². The van der Waals surface area contributed by atoms with Crippen LogP contribution >= 0.6 is 0 Å². The zero-order chi connectivity index (χ0) is 17.6. The lowest BCUT2D eigenvalue weighted by Gasteiger charge is -2.11. The fourth-order valence-electron chi connectivity index (χ4n) is 2.29. The molecule has 1 heterocycles. The molecule has 0 amide bonds. The quantitative estimate of drug-likeness (QED) is 0.730. The van der Waals surface area contributed by atoms with Gasteiger partial charge in [0.25, 0.3) is 0 Å². The maximum atomic E-state index is 8.86. The Labute approximate surface area is 146 Å². The van der Waals surface area contributed by atoms with Gasteiger partial charge in [-0.1, -0.05) is 6.07 Å². The SMILES string of the molecule is COc1cccc(Nc2cc(C)nc(Nc3ccc(C#N)cc3)n2)c1. The first kappa shape index (κ1) is 16.3. The second kappa shape index (κ2) is 7.32. The first-order chi connectivity index (χ1) is 12.2. The van der Waals surface area contributed by atoms with Gasteiger partial charge in [0.05, 0.1) is 18.7 Å². The van der Waals surface area contributed by atoms with E-state index in [-0.39, 0.29) is 0 Å². The molecule has 0 saturated carbocycles. The van der Waals surface area contributed by atoms with Crippen molar-refractivity contribution < 1.29 is 4.74 Å². The molecule has 0 spiro atoms. The van der Waals surface area contributed by atoms with Crippen LogP contribution in [0.1, 0.15) is 11.3 Å². The Balaban J connectivity index is 1.80. The molecule has 0 aliphatic carbocycles. The molecule has 0 unspecified atom stereocenters. The third kappa shape index (κ3) is 4.24. The number of nitriles is 1. The van der Waals surface area contributed by atoms with Gasteiger partial charge in [0, 0.05) is 29.2 Å². The van der Waals surface area contributed by atoms with E-state index in [1.165, 1.54) is 0 Å². The number of ether oxygens (including phenoxy) is 1. The van der Waals surface area contributed by atoms with Gasteiger partial charge in [-0.3, -0.25) is 0 Å². The fraction of sp³-hybridized carbons (Fsp3) is 0.105. The largest absolute Gasteiger partial charge is 0.497 e. The molecule has 124 valence electrons. The highest BCUT2D eigenvalue weighted by molar-refractivity contribution is 5.61. The number of aryl methyl sites for hydroxylation is 1. The Kier molecular flexibility index (Phi) is 4.77. The maximum absolute atomic E-state index is 8.86. The monoisotopic (exact) mass is 331 g/mol. The van der Waals surface area contributed by atoms with Crippen molar-refractivity contribution in [3.63, 3.8) is 0 Å². The predicted molar refractivity (Wildman–Crippen MR) is 97.5 cm³/mol. The van der Waals surface area contributed by atoms with Crippen LogP contribution in [-0.4, -0.2) is 17.1 Å². The molecule has 2 aromatic carbocycles. The van der Waals surface area contributed by atoms with Crippen LogP contribution in [0.3, 0.4) is 0 Å². The molecule has 0 fully saturated rings. The highest BCUT2D eigenvalue weighted by Crippen LogP contribution is 2.22. The van der Waals surface area contributed by atoms with Crippen LogP contribution in [0.5, 0.6) is 5.75 Å². The third-order valence-electron chi connectivity index (χ3n) is 3.47. The van der Waals surface area contributed by atoms with E-state index >= 15 is 0 Å². The summed E-state index contributed by atoms with van der Waals surface area (Å²) in [6.07, 6.45) is 0. The summed E-state index contributed by atoms with van der Waals surface area (Å²) in [6.45, 7) is 1.91. The van der Waals surface area contributed by atoms with E-state index in [9.17, 15) is 0 Å². The highest BCUT2D eigenvalue weighted by atomic mass is 16.5. The van der Waals surface area contributed by atoms with Crippen LogP contribution in [0.4, 0.5) is 23.1 Å². The normalized spacial score (nSPS) is 9.96. The van der Waals surface area contributed by atoms with Crippen molar-refractivity contribution in [3.8, 4) is 11.8 Å². The van der Waals surface area contributed by atoms with Crippen LogP contribution in [0, 0.1) is 18.3 Å². The van der Waals surface area contributed by atoms with Gasteiger partial charge in [0.1, 0.15) is 11.6 Å². The molecule has 6 heteroatoms. The van der Waals surface area contributed by atoms with Crippen molar-refractivity contribution in [2.24, 2.45) is 0 Å². The highest BCUT2D eigenvalue weighted by Gasteiger charge is 2.04. The zero-order valence-corrected chi connectivity index (χ0v) is 13.9. The smallest absolute Gasteiger partial charge is 0.229 e. The van der Waals surface area contributed by atoms with Crippen LogP contribution in [0.2, 0.25) is 0 Å². The zero-order valence-electron chi connectivity index (χ0n) is 13.9. The number of nitrogens with one attached hydrogen (secondary N) is 2. The third-order valence-corrected chi connectivity index (χ3v) is 3.47. The molecule has 3 rings (SSSR count). The van der Waals surface area contributed by atoms with E-state index in [0.717, 1.165) is 22.8 Å². The van der Waals surface area contributed by atoms with E-state index in [4.69, 9.17) is 10.00 Å². The van der Waals surface area contributed by atoms with E-state index < -0.39 is 0 Å². The standard InChI is InChI=1S/C19H17N5O/c1-13-10-18(22-16-4-3-5-17(11-16)25-2)24-19(21-13)23-15-8-6-14(12-20)7-9-15/h3-11H,1-2H3,(H2,21,22,23,24). The Hall–Kier alpha value is -3.59. The minimum atomic E-state index is 0.482. The molecule has 6 nitrogen and oxygen atoms in total. The summed E-state index contributed by atoms with van der Waals surface area (Å²) in [7, 11) is 1.63. The Morgan fingerprint density at radius 2 is 1.76 bits per heavy atom. The molecule has 0 radical (unpaired) electrons. The van der Waals surface area contributed by atoms with Crippen molar-refractivity contribution >= 4 is 23.1 Å². The van der Waals surface area contributed by atoms with Gasteiger partial charge in [0.15, 0.2) is 0 Å². The van der Waals surface area contributed by atoms with Crippen LogP contribution in [-0.2, 0) is 0 Å². The van der Waals surface area contributed by atoms with Gasteiger partial charge in [-0.2, -0.15) is 10.2 Å². The summed E-state index contributed by atoms with van der Waals surface area (Å²) in [5, 5.41) is 15.3. The molecule has 2 N–H and O–H groups in total. The van der Waals surface area contributed by atoms with Crippen molar-refractivity contribution in [2.45, 2.75) is 6.92 Å². The summed E-state index contributed by atoms with van der Waals surface area (Å²) in [6, 6.07) is 18.7. The second-order valence-electron chi connectivity index (χ2n) is 5.39. The minimum absolute atomic E-state index is 0.482. The van der Waals surface area contributed by atoms with Crippen molar-refractivity contribution in [1.82, 2.24) is 9.97 Å². The average molecular weight is 331 g/mol. The predicted octanol–water partition coefficient (Wildman–Crippen LogP) is 4.15. The first-order valence-corrected chi connectivity index (χ1v) is 7.70. The Bertz CT molecular complexity index is 916. The second-order valence-corrected chi connectivity index (χ2v) is 5.39. The number of nitrogens with zero attached hydrogens (tertiary/aromatic N) is 3. The Morgan fingerprint density at radius 1 is 0.960 bits per heavy atom. The lowest BCUT2D eigenvalue weighted by molar-refractivity contribution is 0.415. The molecule has 0 aliphatic rings. The molecule has 0 aliphatic heterocycles. The summed E-state index contributed by atoms with van der Waals surface area (Å²) in [5.74, 6) is 1.93. The van der Waals surface area contributed by atoms with Gasteiger partial charge >= 0.3 is 0 Å². The molecule has 0 atom stereocenters. The van der Waals surface area contributed by atoms with E-state index in [1.807, 2.05) is 49.4 Å². The lowest BCUT2D eigenvalue weighted by Crippen LogP contribution is -2.02. The number of hydrogen-bond donors (Lipinski definition) is 2. The van der Waals surface area contributed by atoms with Crippen LogP contribution in [0.15, 0.2) is 54.6 Å². The van der Waals surface area contributed by atoms with Gasteiger partial charge in [-0.25, -0.2) is 4.98 Å². The number of rotatable bonds is 5. The van der Waals surface area contributed by atoms with Crippen LogP contribution in [0.25, 0.3) is 0 Å². The Morgan fingerprint density at radius 3 is 2.48 bits per heavy atom. The molecule has 25 heavy (non-hydrogen) atoms. The fourth-order valence-corrected chi connectivity index (χ4v) is 2.29. The number of hydrogen-bond acceptors (Lipinski definition) is 6. The molecule has 1 aromatic heterocycles. The van der Waals surface area contributed by atoms with Gasteiger partial charge < -0.3 is 15.4 Å². The average Bonchev–Trinajstić information content (AvgIpc) is 2.62. The van der Waals surface area contributed by atoms with E-state index in [1.54, 1.807) is 19.2 Å². The number of methoxy groups -OCH3 is 1. The van der Waals surface area contributed by atoms with E-state index in [0.29, 0.717) is 17.3 Å². The number of benzene rings is 2. The molecule has 0 saturated heterocycles. The topological polar surface area (TPSA) is 82.9 Å². The summed E-state index contributed by atoms with van der Waals surface area (Å²) in [4.78, 5) is 8.88. The first-order valence-electron chi connectivity index (χ1n) is 7.70. The van der Waals surface area contributed by atoms with Crippen molar-refractivity contribution in [3.05, 3.63) is 65.9 Å². The molecule has 0 bridgehead atoms. The summed E-state index contributed by atoms with van der Waals surface area (Å²) >= 11 is 0. The molecule has 3 aromatic rings. The van der Waals surface area contributed by atoms with Gasteiger partial charge in [0.2, 0.25) is 5.95 Å². The van der Waals surface area contributed by atoms with Gasteiger partial charge in [-0.05, 0) is 43.3 Å². The van der Waals surface area contributed by atoms with Gasteiger partial charge in [-0.15, -0.1) is 0 Å². The summed E-state index contributed by atoms with van der Waals surface area (Å²) < 4.78 is 5.23. The number of anilines is 4. The molecular weight excluding hydrogens is 314 g/mol. The summed E-state index contributed by atoms with van der Waals surface area (Å²) in [5.41, 5.74) is 3.13. The van der Waals surface area contributed by atoms with Crippen molar-refractivity contribution in [1.29, 1.82) is 5.26 Å². The number of aromatic nitrogens is 2.